The van der Waals surface area contributed by atoms with Gasteiger partial charge in [-0.15, -0.1) is 11.3 Å². The number of likely N-dealkylation sites (tertiary alicyclic amines) is 1. The van der Waals surface area contributed by atoms with Crippen molar-refractivity contribution >= 4 is 23.2 Å². The third-order valence-corrected chi connectivity index (χ3v) is 6.49. The van der Waals surface area contributed by atoms with E-state index in [0.29, 0.717) is 24.9 Å². The van der Waals surface area contributed by atoms with Crippen LogP contribution in [0, 0.1) is 11.8 Å². The standard InChI is InChI=1S/C18H24N2O2S/c21-16-10-13(11-20(16)14-7-8-14)18(22)19-17(12-4-1-2-5-12)15-6-3-9-23-15/h3,6,9,12-14,17H,1-2,4-5,7-8,10-11H2,(H,19,22)/t13-,17+/m0/s1. The molecule has 0 spiro atoms. The summed E-state index contributed by atoms with van der Waals surface area (Å²) in [6, 6.07) is 4.74. The minimum absolute atomic E-state index is 0.0757. The molecule has 1 aliphatic heterocycles. The van der Waals surface area contributed by atoms with E-state index in [1.54, 1.807) is 11.3 Å². The fourth-order valence-electron chi connectivity index (χ4n) is 4.10. The maximum Gasteiger partial charge on any atom is 0.225 e. The lowest BCUT2D eigenvalue weighted by Crippen LogP contribution is -2.38. The first-order valence-corrected chi connectivity index (χ1v) is 9.73. The topological polar surface area (TPSA) is 49.4 Å². The summed E-state index contributed by atoms with van der Waals surface area (Å²) in [7, 11) is 0. The molecule has 1 saturated heterocycles. The number of carbonyl (C=O) groups excluding carboxylic acids is 2. The molecule has 2 amide bonds. The molecule has 1 aromatic rings. The van der Waals surface area contributed by atoms with E-state index in [-0.39, 0.29) is 23.8 Å². The Balaban J connectivity index is 1.44. The van der Waals surface area contributed by atoms with Crippen LogP contribution in [0.1, 0.15) is 55.9 Å². The van der Waals surface area contributed by atoms with Crippen molar-refractivity contribution in [1.29, 1.82) is 0 Å². The molecule has 3 fully saturated rings. The third kappa shape index (κ3) is 3.16. The Morgan fingerprint density at radius 1 is 1.26 bits per heavy atom. The summed E-state index contributed by atoms with van der Waals surface area (Å²) in [4.78, 5) is 28.0. The molecule has 2 heterocycles. The van der Waals surface area contributed by atoms with Crippen molar-refractivity contribution in [2.24, 2.45) is 11.8 Å². The molecular formula is C18H24N2O2S. The van der Waals surface area contributed by atoms with Gasteiger partial charge < -0.3 is 10.2 Å². The summed E-state index contributed by atoms with van der Waals surface area (Å²) in [6.07, 6.45) is 7.53. The number of rotatable bonds is 5. The second-order valence-corrected chi connectivity index (χ2v) is 8.20. The highest BCUT2D eigenvalue weighted by Gasteiger charge is 2.42. The number of carbonyl (C=O) groups is 2. The molecule has 4 nitrogen and oxygen atoms in total. The van der Waals surface area contributed by atoms with E-state index < -0.39 is 0 Å². The molecule has 1 aromatic heterocycles. The van der Waals surface area contributed by atoms with Gasteiger partial charge in [-0.3, -0.25) is 9.59 Å². The first-order chi connectivity index (χ1) is 11.2. The van der Waals surface area contributed by atoms with Gasteiger partial charge in [0.15, 0.2) is 0 Å². The molecule has 2 aliphatic carbocycles. The highest BCUT2D eigenvalue weighted by molar-refractivity contribution is 7.10. The molecule has 0 unspecified atom stereocenters. The molecule has 3 aliphatic rings. The van der Waals surface area contributed by atoms with Gasteiger partial charge in [0, 0.05) is 23.9 Å². The molecule has 4 rings (SSSR count). The Hall–Kier alpha value is -1.36. The quantitative estimate of drug-likeness (QED) is 0.901. The van der Waals surface area contributed by atoms with E-state index in [0.717, 1.165) is 12.8 Å². The highest BCUT2D eigenvalue weighted by atomic mass is 32.1. The Bertz CT molecular complexity index is 576. The number of hydrogen-bond donors (Lipinski definition) is 1. The zero-order chi connectivity index (χ0) is 15.8. The van der Waals surface area contributed by atoms with Crippen LogP contribution in [-0.2, 0) is 9.59 Å². The third-order valence-electron chi connectivity index (χ3n) is 5.54. The number of amides is 2. The molecule has 0 radical (unpaired) electrons. The summed E-state index contributed by atoms with van der Waals surface area (Å²) < 4.78 is 0. The molecule has 1 N–H and O–H groups in total. The van der Waals surface area contributed by atoms with Crippen molar-refractivity contribution in [1.82, 2.24) is 10.2 Å². The van der Waals surface area contributed by atoms with Crippen LogP contribution in [0.15, 0.2) is 17.5 Å². The molecule has 2 atom stereocenters. The molecule has 2 saturated carbocycles. The number of nitrogens with zero attached hydrogens (tertiary/aromatic N) is 1. The van der Waals surface area contributed by atoms with Gasteiger partial charge >= 0.3 is 0 Å². The van der Waals surface area contributed by atoms with Gasteiger partial charge in [-0.05, 0) is 43.0 Å². The Kier molecular flexibility index (Phi) is 4.14. The van der Waals surface area contributed by atoms with Gasteiger partial charge in [-0.2, -0.15) is 0 Å². The fourth-order valence-corrected chi connectivity index (χ4v) is 4.97. The highest BCUT2D eigenvalue weighted by Crippen LogP contribution is 2.38. The van der Waals surface area contributed by atoms with E-state index >= 15 is 0 Å². The van der Waals surface area contributed by atoms with E-state index in [4.69, 9.17) is 0 Å². The monoisotopic (exact) mass is 332 g/mol. The Morgan fingerprint density at radius 2 is 2.04 bits per heavy atom. The predicted octanol–water partition coefficient (Wildman–Crippen LogP) is 3.11. The van der Waals surface area contributed by atoms with Crippen molar-refractivity contribution in [2.45, 2.75) is 57.0 Å². The van der Waals surface area contributed by atoms with Crippen LogP contribution in [0.4, 0.5) is 0 Å². The maximum atomic E-state index is 12.8. The van der Waals surface area contributed by atoms with Crippen molar-refractivity contribution in [3.63, 3.8) is 0 Å². The molecular weight excluding hydrogens is 308 g/mol. The van der Waals surface area contributed by atoms with Crippen molar-refractivity contribution in [2.75, 3.05) is 6.54 Å². The second-order valence-electron chi connectivity index (χ2n) is 7.22. The van der Waals surface area contributed by atoms with E-state index in [1.165, 1.54) is 30.6 Å². The van der Waals surface area contributed by atoms with Crippen LogP contribution in [0.2, 0.25) is 0 Å². The Morgan fingerprint density at radius 3 is 2.70 bits per heavy atom. The van der Waals surface area contributed by atoms with Gasteiger partial charge in [0.05, 0.1) is 12.0 Å². The van der Waals surface area contributed by atoms with Crippen molar-refractivity contribution < 1.29 is 9.59 Å². The van der Waals surface area contributed by atoms with Crippen LogP contribution >= 0.6 is 11.3 Å². The largest absolute Gasteiger partial charge is 0.348 e. The van der Waals surface area contributed by atoms with Crippen LogP contribution in [0.5, 0.6) is 0 Å². The SMILES string of the molecule is O=C(N[C@@H](c1cccs1)C1CCCC1)[C@H]1CC(=O)N(C2CC2)C1. The predicted molar refractivity (Wildman–Crippen MR) is 90.0 cm³/mol. The fraction of sp³-hybridized carbons (Fsp3) is 0.667. The second kappa shape index (κ2) is 6.27. The van der Waals surface area contributed by atoms with Gasteiger partial charge in [-0.1, -0.05) is 18.9 Å². The number of hydrogen-bond acceptors (Lipinski definition) is 3. The van der Waals surface area contributed by atoms with Crippen LogP contribution in [0.3, 0.4) is 0 Å². The van der Waals surface area contributed by atoms with Gasteiger partial charge in [0.25, 0.3) is 0 Å². The van der Waals surface area contributed by atoms with Gasteiger partial charge in [0.2, 0.25) is 11.8 Å². The van der Waals surface area contributed by atoms with Crippen molar-refractivity contribution in [3.8, 4) is 0 Å². The lowest BCUT2D eigenvalue weighted by Gasteiger charge is -2.25. The summed E-state index contributed by atoms with van der Waals surface area (Å²) in [6.45, 7) is 0.622. The zero-order valence-corrected chi connectivity index (χ0v) is 14.2. The molecule has 124 valence electrons. The minimum Gasteiger partial charge on any atom is -0.348 e. The van der Waals surface area contributed by atoms with Gasteiger partial charge in [-0.25, -0.2) is 0 Å². The normalized spacial score (nSPS) is 26.7. The van der Waals surface area contributed by atoms with Gasteiger partial charge in [0.1, 0.15) is 0 Å². The summed E-state index contributed by atoms with van der Waals surface area (Å²) in [5.41, 5.74) is 0. The number of thiophene rings is 1. The summed E-state index contributed by atoms with van der Waals surface area (Å²) in [5.74, 6) is 0.634. The number of nitrogens with one attached hydrogen (secondary N) is 1. The molecule has 5 heteroatoms. The smallest absolute Gasteiger partial charge is 0.225 e. The molecule has 0 bridgehead atoms. The Labute approximate surface area is 141 Å². The first kappa shape index (κ1) is 15.2. The summed E-state index contributed by atoms with van der Waals surface area (Å²) >= 11 is 1.73. The van der Waals surface area contributed by atoms with Crippen LogP contribution < -0.4 is 5.32 Å². The average Bonchev–Trinajstić information content (AvgIpc) is 3.02. The molecule has 23 heavy (non-hydrogen) atoms. The maximum absolute atomic E-state index is 12.8. The molecule has 0 aromatic carbocycles. The summed E-state index contributed by atoms with van der Waals surface area (Å²) in [5, 5.41) is 5.38. The van der Waals surface area contributed by atoms with E-state index in [2.05, 4.69) is 22.8 Å². The zero-order valence-electron chi connectivity index (χ0n) is 13.4. The average molecular weight is 332 g/mol. The lowest BCUT2D eigenvalue weighted by atomic mass is 9.95. The minimum atomic E-state index is -0.160. The first-order valence-electron chi connectivity index (χ1n) is 8.85. The lowest BCUT2D eigenvalue weighted by molar-refractivity contribution is -0.129. The van der Waals surface area contributed by atoms with E-state index in [1.807, 2.05) is 4.90 Å². The van der Waals surface area contributed by atoms with E-state index in [9.17, 15) is 9.59 Å². The van der Waals surface area contributed by atoms with Crippen LogP contribution in [0.25, 0.3) is 0 Å². The van der Waals surface area contributed by atoms with Crippen molar-refractivity contribution in [3.05, 3.63) is 22.4 Å². The van der Waals surface area contributed by atoms with Crippen LogP contribution in [-0.4, -0.2) is 29.3 Å².